The molecule has 1 aromatic carbocycles. The predicted molar refractivity (Wildman–Crippen MR) is 112 cm³/mol. The minimum atomic E-state index is -4.98. The Balaban J connectivity index is 2.05. The second-order valence-corrected chi connectivity index (χ2v) is 7.30. The van der Waals surface area contributed by atoms with Crippen LogP contribution in [0.4, 0.5) is 26.3 Å². The maximum atomic E-state index is 13.2. The Morgan fingerprint density at radius 3 is 2.34 bits per heavy atom. The smallest absolute Gasteiger partial charge is 0.416 e. The van der Waals surface area contributed by atoms with Crippen molar-refractivity contribution < 1.29 is 40.6 Å². The zero-order chi connectivity index (χ0) is 25.8. The van der Waals surface area contributed by atoms with Crippen LogP contribution in [-0.2, 0) is 33.2 Å². The molecule has 0 bridgehead atoms. The van der Waals surface area contributed by atoms with Gasteiger partial charge in [-0.15, -0.1) is 0 Å². The summed E-state index contributed by atoms with van der Waals surface area (Å²) >= 11 is 0. The van der Waals surface area contributed by atoms with Gasteiger partial charge in [-0.25, -0.2) is 9.78 Å². The van der Waals surface area contributed by atoms with E-state index in [1.165, 1.54) is 30.1 Å². The molecule has 0 aliphatic heterocycles. The molecule has 0 saturated heterocycles. The Morgan fingerprint density at radius 1 is 1.11 bits per heavy atom. The average molecular weight is 497 g/mol. The van der Waals surface area contributed by atoms with Crippen molar-refractivity contribution >= 4 is 23.1 Å². The van der Waals surface area contributed by atoms with E-state index in [-0.39, 0.29) is 42.6 Å². The molecule has 0 fully saturated rings. The molecule has 0 aliphatic carbocycles. The van der Waals surface area contributed by atoms with Gasteiger partial charge in [0.1, 0.15) is 23.9 Å². The minimum Gasteiger partial charge on any atom is -0.459 e. The van der Waals surface area contributed by atoms with Crippen molar-refractivity contribution in [2.45, 2.75) is 18.9 Å². The van der Waals surface area contributed by atoms with E-state index in [2.05, 4.69) is 4.98 Å². The van der Waals surface area contributed by atoms with Gasteiger partial charge in [0.2, 0.25) is 0 Å². The average Bonchev–Trinajstić information content (AvgIpc) is 3.13. The van der Waals surface area contributed by atoms with Gasteiger partial charge in [0, 0.05) is 37.0 Å². The summed E-state index contributed by atoms with van der Waals surface area (Å²) in [6.07, 6.45) is -5.98. The number of hydrogen-bond acceptors (Lipinski definition) is 5. The number of fused-ring (bicyclic) bond motifs is 1. The summed E-state index contributed by atoms with van der Waals surface area (Å²) < 4.78 is 90.4. The molecule has 3 aromatic rings. The lowest BCUT2D eigenvalue weighted by Gasteiger charge is -2.14. The zero-order valence-electron chi connectivity index (χ0n) is 18.1. The van der Waals surface area contributed by atoms with Crippen molar-refractivity contribution in [2.24, 2.45) is 0 Å². The van der Waals surface area contributed by atoms with Crippen LogP contribution in [0.3, 0.4) is 0 Å². The number of methoxy groups -OCH3 is 1. The number of benzene rings is 1. The summed E-state index contributed by atoms with van der Waals surface area (Å²) in [6, 6.07) is 6.17. The van der Waals surface area contributed by atoms with E-state index in [4.69, 9.17) is 9.47 Å². The molecular formula is C23H17F6N3O3. The summed E-state index contributed by atoms with van der Waals surface area (Å²) in [7, 11) is 1.40. The monoisotopic (exact) mass is 497 g/mol. The Morgan fingerprint density at radius 2 is 1.77 bits per heavy atom. The van der Waals surface area contributed by atoms with Crippen LogP contribution >= 0.6 is 0 Å². The summed E-state index contributed by atoms with van der Waals surface area (Å²) in [5.41, 5.74) is -2.95. The van der Waals surface area contributed by atoms with Crippen LogP contribution in [0.2, 0.25) is 0 Å². The minimum absolute atomic E-state index is 0.0536. The number of hydrogen-bond donors (Lipinski definition) is 0. The van der Waals surface area contributed by atoms with Crippen molar-refractivity contribution in [1.82, 2.24) is 9.55 Å². The quantitative estimate of drug-likeness (QED) is 0.147. The van der Waals surface area contributed by atoms with E-state index in [0.29, 0.717) is 23.1 Å². The number of alkyl halides is 6. The first-order chi connectivity index (χ1) is 16.4. The topological polar surface area (TPSA) is 77.1 Å². The number of pyridine rings is 1. The predicted octanol–water partition coefficient (Wildman–Crippen LogP) is 5.22. The van der Waals surface area contributed by atoms with Gasteiger partial charge in [-0.2, -0.15) is 31.6 Å². The maximum Gasteiger partial charge on any atom is 0.416 e. The fourth-order valence-corrected chi connectivity index (χ4v) is 3.28. The molecule has 0 radical (unpaired) electrons. The third kappa shape index (κ3) is 6.19. The van der Waals surface area contributed by atoms with Crippen LogP contribution in [0.5, 0.6) is 0 Å². The molecule has 0 atom stereocenters. The highest BCUT2D eigenvalue weighted by molar-refractivity contribution is 6.00. The van der Waals surface area contributed by atoms with Gasteiger partial charge in [0.25, 0.3) is 0 Å². The summed E-state index contributed by atoms with van der Waals surface area (Å²) in [5, 5.41) is 9.78. The van der Waals surface area contributed by atoms with Crippen LogP contribution in [0.1, 0.15) is 22.3 Å². The van der Waals surface area contributed by atoms with Gasteiger partial charge < -0.3 is 14.0 Å². The molecule has 0 spiro atoms. The maximum absolute atomic E-state index is 13.2. The SMILES string of the molecule is COCCOC(=O)/C(C#N)=C/c1cn(Cc2cc(C(F)(F)F)cc(C(F)(F)F)c2)c2ncccc12. The van der Waals surface area contributed by atoms with Gasteiger partial charge >= 0.3 is 18.3 Å². The van der Waals surface area contributed by atoms with Gasteiger partial charge in [0.15, 0.2) is 0 Å². The van der Waals surface area contributed by atoms with Gasteiger partial charge in [-0.05, 0) is 42.0 Å². The first kappa shape index (κ1) is 25.8. The van der Waals surface area contributed by atoms with E-state index in [1.54, 1.807) is 18.2 Å². The first-order valence-corrected chi connectivity index (χ1v) is 9.94. The van der Waals surface area contributed by atoms with E-state index >= 15 is 0 Å². The molecule has 12 heteroatoms. The molecule has 2 aromatic heterocycles. The van der Waals surface area contributed by atoms with E-state index < -0.39 is 29.4 Å². The summed E-state index contributed by atoms with van der Waals surface area (Å²) in [4.78, 5) is 16.3. The number of carbonyl (C=O) groups excluding carboxylic acids is 1. The molecule has 2 heterocycles. The largest absolute Gasteiger partial charge is 0.459 e. The molecule has 184 valence electrons. The number of esters is 1. The molecule has 35 heavy (non-hydrogen) atoms. The van der Waals surface area contributed by atoms with Crippen molar-refractivity contribution in [3.05, 3.63) is 70.6 Å². The van der Waals surface area contributed by atoms with Crippen molar-refractivity contribution in [3.63, 3.8) is 0 Å². The van der Waals surface area contributed by atoms with Gasteiger partial charge in [0.05, 0.1) is 17.7 Å². The fraction of sp³-hybridized carbons (Fsp3) is 0.261. The van der Waals surface area contributed by atoms with E-state index in [9.17, 15) is 36.4 Å². The Kier molecular flexibility index (Phi) is 7.50. The zero-order valence-corrected chi connectivity index (χ0v) is 18.1. The summed E-state index contributed by atoms with van der Waals surface area (Å²) in [6.45, 7) is -0.353. The van der Waals surface area contributed by atoms with Crippen molar-refractivity contribution in [3.8, 4) is 6.07 Å². The molecule has 6 nitrogen and oxygen atoms in total. The molecule has 0 unspecified atom stereocenters. The third-order valence-corrected chi connectivity index (χ3v) is 4.83. The van der Waals surface area contributed by atoms with Crippen LogP contribution in [-0.4, -0.2) is 35.8 Å². The number of nitrogens with zero attached hydrogens (tertiary/aromatic N) is 3. The highest BCUT2D eigenvalue weighted by atomic mass is 19.4. The van der Waals surface area contributed by atoms with Crippen LogP contribution in [0.15, 0.2) is 48.3 Å². The van der Waals surface area contributed by atoms with E-state index in [1.807, 2.05) is 0 Å². The highest BCUT2D eigenvalue weighted by Crippen LogP contribution is 2.36. The van der Waals surface area contributed by atoms with Crippen LogP contribution in [0.25, 0.3) is 17.1 Å². The van der Waals surface area contributed by atoms with Gasteiger partial charge in [-0.3, -0.25) is 0 Å². The van der Waals surface area contributed by atoms with E-state index in [0.717, 1.165) is 0 Å². The molecule has 0 saturated carbocycles. The number of rotatable bonds is 7. The number of halogens is 6. The molecule has 0 amide bonds. The Hall–Kier alpha value is -3.85. The summed E-state index contributed by atoms with van der Waals surface area (Å²) in [5.74, 6) is -0.915. The Labute approximate surface area is 195 Å². The molecule has 3 rings (SSSR count). The van der Waals surface area contributed by atoms with Crippen molar-refractivity contribution in [2.75, 3.05) is 20.3 Å². The lowest BCUT2D eigenvalue weighted by Crippen LogP contribution is -2.12. The second-order valence-electron chi connectivity index (χ2n) is 7.30. The number of carbonyl (C=O) groups is 1. The number of nitriles is 1. The molecule has 0 N–H and O–H groups in total. The molecular weight excluding hydrogens is 480 g/mol. The van der Waals surface area contributed by atoms with Crippen LogP contribution < -0.4 is 0 Å². The highest BCUT2D eigenvalue weighted by Gasteiger charge is 2.37. The lowest BCUT2D eigenvalue weighted by molar-refractivity contribution is -0.143. The standard InChI is InChI=1S/C23H17F6N3O3/c1-34-5-6-35-21(33)15(11-30)9-16-13-32(20-19(16)3-2-4-31-20)12-14-7-17(22(24,25)26)10-18(8-14)23(27,28)29/h2-4,7-10,13H,5-6,12H2,1H3/b15-9+. The normalized spacial score (nSPS) is 12.6. The van der Waals surface area contributed by atoms with Crippen LogP contribution in [0, 0.1) is 11.3 Å². The lowest BCUT2D eigenvalue weighted by atomic mass is 10.0. The fourth-order valence-electron chi connectivity index (χ4n) is 3.28. The first-order valence-electron chi connectivity index (χ1n) is 9.94. The van der Waals surface area contributed by atoms with Gasteiger partial charge in [-0.1, -0.05) is 0 Å². The number of aromatic nitrogens is 2. The third-order valence-electron chi connectivity index (χ3n) is 4.83. The Bertz CT molecular complexity index is 1270. The van der Waals surface area contributed by atoms with Crippen molar-refractivity contribution in [1.29, 1.82) is 5.26 Å². The second kappa shape index (κ2) is 10.2. The molecule has 0 aliphatic rings. The number of ether oxygens (including phenoxy) is 2.